The number of nitrogens with zero attached hydrogens (tertiary/aromatic N) is 4. The van der Waals surface area contributed by atoms with E-state index in [0.717, 1.165) is 25.9 Å². The highest BCUT2D eigenvalue weighted by atomic mass is 35.5. The maximum absolute atomic E-state index is 13.6. The van der Waals surface area contributed by atoms with Gasteiger partial charge in [0.2, 0.25) is 5.95 Å². The van der Waals surface area contributed by atoms with Crippen LogP contribution in [0.25, 0.3) is 0 Å². The van der Waals surface area contributed by atoms with Crippen molar-refractivity contribution in [1.82, 2.24) is 9.97 Å². The maximum atomic E-state index is 13.6. The largest absolute Gasteiger partial charge is 0.489 e. The summed E-state index contributed by atoms with van der Waals surface area (Å²) in [6.45, 7) is 14.2. The molecule has 4 rings (SSSR count). The molecule has 8 heteroatoms. The van der Waals surface area contributed by atoms with Gasteiger partial charge in [0.05, 0.1) is 27.5 Å². The lowest BCUT2D eigenvalue weighted by molar-refractivity contribution is -0.196. The molecular formula is C29H37ClN4O3. The molecule has 0 unspecified atom stereocenters. The third-order valence-electron chi connectivity index (χ3n) is 8.55. The fourth-order valence-corrected chi connectivity index (χ4v) is 6.87. The highest BCUT2D eigenvalue weighted by molar-refractivity contribution is 6.31. The summed E-state index contributed by atoms with van der Waals surface area (Å²) < 4.78 is 6.37. The Bertz CT molecular complexity index is 1190. The van der Waals surface area contributed by atoms with Crippen LogP contribution >= 0.6 is 11.6 Å². The van der Waals surface area contributed by atoms with Gasteiger partial charge in [0, 0.05) is 43.0 Å². The third-order valence-corrected chi connectivity index (χ3v) is 8.86. The van der Waals surface area contributed by atoms with Crippen LogP contribution in [0.3, 0.4) is 0 Å². The number of hydrogen-bond acceptors (Lipinski definition) is 7. The minimum Gasteiger partial charge on any atom is -0.489 e. The number of aryl methyl sites for hydroxylation is 2. The van der Waals surface area contributed by atoms with Crippen molar-refractivity contribution in [2.75, 3.05) is 24.6 Å². The summed E-state index contributed by atoms with van der Waals surface area (Å²) in [5.41, 5.74) is 1.96. The van der Waals surface area contributed by atoms with Crippen LogP contribution in [0.5, 0.6) is 5.75 Å². The first-order valence-corrected chi connectivity index (χ1v) is 13.4. The van der Waals surface area contributed by atoms with E-state index in [2.05, 4.69) is 38.7 Å². The Labute approximate surface area is 224 Å². The predicted molar refractivity (Wildman–Crippen MR) is 144 cm³/mol. The molecule has 1 saturated carbocycles. The number of nitriles is 1. The van der Waals surface area contributed by atoms with Crippen LogP contribution in [0.1, 0.15) is 74.3 Å². The van der Waals surface area contributed by atoms with Gasteiger partial charge in [0.25, 0.3) is 0 Å². The van der Waals surface area contributed by atoms with E-state index in [1.165, 1.54) is 0 Å². The van der Waals surface area contributed by atoms with Crippen LogP contribution in [-0.2, 0) is 0 Å². The Morgan fingerprint density at radius 1 is 1.16 bits per heavy atom. The Balaban J connectivity index is 1.48. The number of carbonyl (C=O) groups is 1. The Hall–Kier alpha value is -2.69. The van der Waals surface area contributed by atoms with Gasteiger partial charge in [0.1, 0.15) is 17.9 Å². The number of aliphatic hydroxyl groups is 1. The van der Waals surface area contributed by atoms with Gasteiger partial charge in [-0.25, -0.2) is 9.97 Å². The van der Waals surface area contributed by atoms with Crippen molar-refractivity contribution >= 4 is 23.3 Å². The number of aliphatic hydroxyl groups excluding tert-OH is 1. The molecule has 0 atom stereocenters. The Morgan fingerprint density at radius 2 is 1.76 bits per heavy atom. The van der Waals surface area contributed by atoms with Crippen LogP contribution in [0.4, 0.5) is 5.95 Å². The summed E-state index contributed by atoms with van der Waals surface area (Å²) in [4.78, 5) is 25.2. The summed E-state index contributed by atoms with van der Waals surface area (Å²) in [5.74, 6) is 1.80. The zero-order chi connectivity index (χ0) is 27.1. The van der Waals surface area contributed by atoms with Gasteiger partial charge >= 0.3 is 0 Å². The van der Waals surface area contributed by atoms with E-state index in [1.54, 1.807) is 18.2 Å². The van der Waals surface area contributed by atoms with Crippen molar-refractivity contribution in [3.63, 3.8) is 0 Å². The molecule has 0 amide bonds. The van der Waals surface area contributed by atoms with Crippen molar-refractivity contribution in [1.29, 1.82) is 5.26 Å². The van der Waals surface area contributed by atoms with Gasteiger partial charge in [-0.05, 0) is 50.7 Å². The molecule has 0 spiro atoms. The number of rotatable bonds is 7. The number of Topliss-reactive ketones (excluding diaryl/α,β-unsaturated/α-hetero) is 1. The number of anilines is 1. The number of piperidine rings is 1. The van der Waals surface area contributed by atoms with Gasteiger partial charge in [-0.1, -0.05) is 39.3 Å². The molecule has 198 valence electrons. The minimum atomic E-state index is -0.251. The first kappa shape index (κ1) is 27.3. The summed E-state index contributed by atoms with van der Waals surface area (Å²) >= 11 is 6.21. The lowest BCUT2D eigenvalue weighted by atomic mass is 9.44. The average molecular weight is 525 g/mol. The topological polar surface area (TPSA) is 99.3 Å². The molecule has 2 aliphatic rings. The number of carbonyl (C=O) groups excluding carboxylic acids is 1. The average Bonchev–Trinajstić information content (AvgIpc) is 2.85. The maximum Gasteiger partial charge on any atom is 0.225 e. The molecule has 1 aromatic heterocycles. The SMILES string of the molecule is Cc1nc(N2CCC(CO)CC2)nc(C)c1C(=O)CC1C(C)(C)C(Oc2ccc(C#N)c(Cl)c2)C1(C)C. The van der Waals surface area contributed by atoms with E-state index >= 15 is 0 Å². The number of ketones is 1. The highest BCUT2D eigenvalue weighted by Crippen LogP contribution is 2.61. The molecule has 2 aromatic rings. The predicted octanol–water partition coefficient (Wildman–Crippen LogP) is 5.53. The monoisotopic (exact) mass is 524 g/mol. The van der Waals surface area contributed by atoms with E-state index in [-0.39, 0.29) is 35.2 Å². The second-order valence-corrected chi connectivity index (χ2v) is 12.2. The molecule has 2 fully saturated rings. The first-order valence-electron chi connectivity index (χ1n) is 13.0. The molecule has 2 heterocycles. The van der Waals surface area contributed by atoms with Gasteiger partial charge in [-0.2, -0.15) is 5.26 Å². The molecule has 1 aliphatic carbocycles. The van der Waals surface area contributed by atoms with Crippen LogP contribution in [0, 0.1) is 47.8 Å². The van der Waals surface area contributed by atoms with Crippen molar-refractivity contribution in [2.45, 2.75) is 66.9 Å². The summed E-state index contributed by atoms with van der Waals surface area (Å²) in [6, 6.07) is 7.19. The van der Waals surface area contributed by atoms with Crippen LogP contribution in [0.15, 0.2) is 18.2 Å². The number of aromatic nitrogens is 2. The lowest BCUT2D eigenvalue weighted by Crippen LogP contribution is -2.66. The number of ether oxygens (including phenoxy) is 1. The molecule has 7 nitrogen and oxygen atoms in total. The third kappa shape index (κ3) is 5.06. The van der Waals surface area contributed by atoms with Crippen molar-refractivity contribution in [2.24, 2.45) is 22.7 Å². The lowest BCUT2D eigenvalue weighted by Gasteiger charge is -2.63. The summed E-state index contributed by atoms with van der Waals surface area (Å²) in [5, 5.41) is 18.9. The van der Waals surface area contributed by atoms with Gasteiger partial charge < -0.3 is 14.7 Å². The van der Waals surface area contributed by atoms with E-state index in [4.69, 9.17) is 31.6 Å². The molecular weight excluding hydrogens is 488 g/mol. The smallest absolute Gasteiger partial charge is 0.225 e. The van der Waals surface area contributed by atoms with E-state index in [0.29, 0.717) is 51.6 Å². The zero-order valence-corrected chi connectivity index (χ0v) is 23.4. The highest BCUT2D eigenvalue weighted by Gasteiger charge is 2.63. The van der Waals surface area contributed by atoms with Crippen molar-refractivity contribution in [3.05, 3.63) is 45.7 Å². The molecule has 0 radical (unpaired) electrons. The standard InChI is InChI=1S/C29H37ClN4O3/c1-17-25(18(2)33-27(32-17)34-11-9-19(16-35)10-12-34)23(36)14-24-28(3,4)26(29(24,5)6)37-21-8-7-20(15-31)22(30)13-21/h7-8,13,19,24,26,35H,9-12,14,16H2,1-6H3. The van der Waals surface area contributed by atoms with Gasteiger partial charge in [-0.3, -0.25) is 4.79 Å². The first-order chi connectivity index (χ1) is 17.4. The second-order valence-electron chi connectivity index (χ2n) is 11.8. The van der Waals surface area contributed by atoms with E-state index in [1.807, 2.05) is 13.8 Å². The van der Waals surface area contributed by atoms with E-state index < -0.39 is 0 Å². The van der Waals surface area contributed by atoms with Crippen LogP contribution in [0.2, 0.25) is 5.02 Å². The molecule has 1 N–H and O–H groups in total. The fourth-order valence-electron chi connectivity index (χ4n) is 6.66. The number of halogens is 1. The summed E-state index contributed by atoms with van der Waals surface area (Å²) in [7, 11) is 0. The van der Waals surface area contributed by atoms with Crippen molar-refractivity contribution < 1.29 is 14.6 Å². The van der Waals surface area contributed by atoms with Crippen molar-refractivity contribution in [3.8, 4) is 11.8 Å². The number of hydrogen-bond donors (Lipinski definition) is 1. The summed E-state index contributed by atoms with van der Waals surface area (Å²) in [6.07, 6.45) is 2.11. The molecule has 0 bridgehead atoms. The molecule has 1 aromatic carbocycles. The Kier molecular flexibility index (Phi) is 7.56. The van der Waals surface area contributed by atoms with Crippen LogP contribution in [-0.4, -0.2) is 46.7 Å². The van der Waals surface area contributed by atoms with Crippen LogP contribution < -0.4 is 9.64 Å². The quantitative estimate of drug-likeness (QED) is 0.475. The van der Waals surface area contributed by atoms with Gasteiger partial charge in [0.15, 0.2) is 5.78 Å². The minimum absolute atomic E-state index is 0.0616. The zero-order valence-electron chi connectivity index (χ0n) is 22.6. The fraction of sp³-hybridized carbons (Fsp3) is 0.586. The molecule has 1 aliphatic heterocycles. The molecule has 1 saturated heterocycles. The number of benzene rings is 1. The molecule has 37 heavy (non-hydrogen) atoms. The van der Waals surface area contributed by atoms with Gasteiger partial charge in [-0.15, -0.1) is 0 Å². The van der Waals surface area contributed by atoms with E-state index in [9.17, 15) is 9.90 Å². The second kappa shape index (κ2) is 10.2. The Morgan fingerprint density at radius 3 is 2.27 bits per heavy atom. The normalized spacial score (nSPS) is 22.7.